The predicted octanol–water partition coefficient (Wildman–Crippen LogP) is 2.92. The number of likely N-dealkylation sites (tertiary alicyclic amines) is 1. The van der Waals surface area contributed by atoms with Gasteiger partial charge in [0.05, 0.1) is 11.0 Å². The lowest BCUT2D eigenvalue weighted by molar-refractivity contribution is 0.0958. The van der Waals surface area contributed by atoms with E-state index in [0.717, 1.165) is 47.2 Å². The minimum atomic E-state index is -0.184. The van der Waals surface area contributed by atoms with Crippen molar-refractivity contribution < 1.29 is 4.79 Å². The first-order chi connectivity index (χ1) is 15.0. The first-order valence-electron chi connectivity index (χ1n) is 10.6. The van der Waals surface area contributed by atoms with Crippen molar-refractivity contribution in [2.45, 2.75) is 39.3 Å². The maximum Gasteiger partial charge on any atom is 0.269 e. The van der Waals surface area contributed by atoms with E-state index in [1.54, 1.807) is 19.3 Å². The fraction of sp³-hybridized carbons (Fsp3) is 0.333. The van der Waals surface area contributed by atoms with E-state index in [1.165, 1.54) is 5.57 Å². The van der Waals surface area contributed by atoms with Gasteiger partial charge in [0.1, 0.15) is 5.69 Å². The second kappa shape index (κ2) is 8.81. The summed E-state index contributed by atoms with van der Waals surface area (Å²) in [7, 11) is 1.60. The highest BCUT2D eigenvalue weighted by molar-refractivity contribution is 5.92. The van der Waals surface area contributed by atoms with Crippen LogP contribution < -0.4 is 10.9 Å². The Morgan fingerprint density at radius 2 is 2.13 bits per heavy atom. The zero-order valence-electron chi connectivity index (χ0n) is 18.1. The number of carbonyl (C=O) groups is 1. The number of carbonyl (C=O) groups excluding carboxylic acids is 1. The fourth-order valence-electron chi connectivity index (χ4n) is 4.05. The number of hydrogen-bond donors (Lipinski definition) is 2. The summed E-state index contributed by atoms with van der Waals surface area (Å²) in [6.45, 7) is 5.82. The Bertz CT molecular complexity index is 1200. The fourth-order valence-corrected chi connectivity index (χ4v) is 4.05. The molecule has 0 radical (unpaired) electrons. The van der Waals surface area contributed by atoms with Crippen molar-refractivity contribution in [3.8, 4) is 0 Å². The Hall–Kier alpha value is -3.32. The molecule has 0 bridgehead atoms. The van der Waals surface area contributed by atoms with Crippen molar-refractivity contribution in [3.05, 3.63) is 75.0 Å². The van der Waals surface area contributed by atoms with Gasteiger partial charge in [0.15, 0.2) is 0 Å². The molecular formula is C24H27N5O2. The molecule has 7 nitrogen and oxygen atoms in total. The molecule has 1 atom stereocenters. The summed E-state index contributed by atoms with van der Waals surface area (Å²) in [5.41, 5.74) is 6.15. The average Bonchev–Trinajstić information content (AvgIpc) is 3.11. The first kappa shape index (κ1) is 20.9. The maximum absolute atomic E-state index is 12.1. The normalized spacial score (nSPS) is 18.0. The molecule has 4 heterocycles. The molecule has 1 unspecified atom stereocenters. The molecule has 0 saturated carbocycles. The standard InChI is InChI=1S/C24H27N5O2/c1-4-19-10-21-22(28-23(19)30)9-18(12-27-21)14-29-13-17(7-15(29)2)8-16-5-6-20(26-11-16)24(31)25-3/h5-6,8-12,15H,4,7,13-14H2,1-3H3,(H,25,31)(H,28,30)/b17-8-. The van der Waals surface area contributed by atoms with Crippen LogP contribution in [0.2, 0.25) is 0 Å². The van der Waals surface area contributed by atoms with Crippen molar-refractivity contribution in [1.29, 1.82) is 0 Å². The van der Waals surface area contributed by atoms with Gasteiger partial charge in [-0.05, 0) is 49.1 Å². The monoisotopic (exact) mass is 417 g/mol. The maximum atomic E-state index is 12.1. The Morgan fingerprint density at radius 3 is 2.84 bits per heavy atom. The van der Waals surface area contributed by atoms with Crippen LogP contribution in [0.25, 0.3) is 17.1 Å². The van der Waals surface area contributed by atoms with Gasteiger partial charge in [-0.3, -0.25) is 24.5 Å². The quantitative estimate of drug-likeness (QED) is 0.666. The number of fused-ring (bicyclic) bond motifs is 1. The van der Waals surface area contributed by atoms with Crippen LogP contribution in [0.3, 0.4) is 0 Å². The van der Waals surface area contributed by atoms with Crippen LogP contribution in [0, 0.1) is 0 Å². The lowest BCUT2D eigenvalue weighted by Crippen LogP contribution is -2.26. The molecule has 3 aromatic heterocycles. The van der Waals surface area contributed by atoms with E-state index in [-0.39, 0.29) is 11.5 Å². The number of aryl methyl sites for hydroxylation is 1. The number of H-pyrrole nitrogens is 1. The number of nitrogens with one attached hydrogen (secondary N) is 2. The van der Waals surface area contributed by atoms with Crippen molar-refractivity contribution in [2.24, 2.45) is 0 Å². The summed E-state index contributed by atoms with van der Waals surface area (Å²) in [4.78, 5) is 37.9. The number of pyridine rings is 3. The van der Waals surface area contributed by atoms with Crippen LogP contribution in [-0.2, 0) is 13.0 Å². The molecule has 1 fully saturated rings. The van der Waals surface area contributed by atoms with Gasteiger partial charge < -0.3 is 10.3 Å². The summed E-state index contributed by atoms with van der Waals surface area (Å²) in [5, 5.41) is 2.58. The van der Waals surface area contributed by atoms with Crippen LogP contribution in [0.5, 0.6) is 0 Å². The highest BCUT2D eigenvalue weighted by Crippen LogP contribution is 2.26. The average molecular weight is 418 g/mol. The van der Waals surface area contributed by atoms with Gasteiger partial charge in [0, 0.05) is 44.1 Å². The van der Waals surface area contributed by atoms with Gasteiger partial charge in [-0.1, -0.05) is 24.6 Å². The predicted molar refractivity (Wildman–Crippen MR) is 122 cm³/mol. The number of nitrogens with zero attached hydrogens (tertiary/aromatic N) is 3. The summed E-state index contributed by atoms with van der Waals surface area (Å²) in [6.07, 6.45) is 7.46. The van der Waals surface area contributed by atoms with Gasteiger partial charge in [0.2, 0.25) is 0 Å². The van der Waals surface area contributed by atoms with E-state index >= 15 is 0 Å². The van der Waals surface area contributed by atoms with Crippen molar-refractivity contribution in [1.82, 2.24) is 25.2 Å². The van der Waals surface area contributed by atoms with Gasteiger partial charge in [-0.2, -0.15) is 0 Å². The Labute approximate surface area is 181 Å². The molecule has 0 spiro atoms. The molecule has 0 aromatic carbocycles. The third kappa shape index (κ3) is 4.56. The Kier molecular flexibility index (Phi) is 5.95. The zero-order chi connectivity index (χ0) is 22.0. The molecule has 1 aliphatic heterocycles. The lowest BCUT2D eigenvalue weighted by Gasteiger charge is -2.20. The molecule has 7 heteroatoms. The number of aromatic nitrogens is 3. The minimum absolute atomic E-state index is 0.0373. The van der Waals surface area contributed by atoms with E-state index in [9.17, 15) is 9.59 Å². The van der Waals surface area contributed by atoms with Crippen molar-refractivity contribution in [3.63, 3.8) is 0 Å². The lowest BCUT2D eigenvalue weighted by atomic mass is 10.1. The third-order valence-corrected chi connectivity index (χ3v) is 5.80. The summed E-state index contributed by atoms with van der Waals surface area (Å²) < 4.78 is 0. The number of aromatic amines is 1. The van der Waals surface area contributed by atoms with Crippen LogP contribution in [-0.4, -0.2) is 45.4 Å². The second-order valence-electron chi connectivity index (χ2n) is 8.07. The molecule has 31 heavy (non-hydrogen) atoms. The molecular weight excluding hydrogens is 390 g/mol. The zero-order valence-corrected chi connectivity index (χ0v) is 18.1. The number of amides is 1. The van der Waals surface area contributed by atoms with Crippen molar-refractivity contribution in [2.75, 3.05) is 13.6 Å². The highest BCUT2D eigenvalue weighted by atomic mass is 16.1. The molecule has 160 valence electrons. The molecule has 0 aliphatic carbocycles. The largest absolute Gasteiger partial charge is 0.354 e. The molecule has 1 aliphatic rings. The van der Waals surface area contributed by atoms with E-state index in [2.05, 4.69) is 38.2 Å². The van der Waals surface area contributed by atoms with Crippen LogP contribution in [0.15, 0.2) is 47.0 Å². The van der Waals surface area contributed by atoms with Crippen LogP contribution in [0.4, 0.5) is 0 Å². The minimum Gasteiger partial charge on any atom is -0.354 e. The second-order valence-corrected chi connectivity index (χ2v) is 8.07. The Balaban J connectivity index is 1.48. The van der Waals surface area contributed by atoms with E-state index < -0.39 is 0 Å². The molecule has 4 rings (SSSR count). The molecule has 1 saturated heterocycles. The van der Waals surface area contributed by atoms with E-state index in [1.807, 2.05) is 31.3 Å². The number of hydrogen-bond acceptors (Lipinski definition) is 5. The van der Waals surface area contributed by atoms with Gasteiger partial charge in [0.25, 0.3) is 11.5 Å². The van der Waals surface area contributed by atoms with E-state index in [0.29, 0.717) is 18.2 Å². The Morgan fingerprint density at radius 1 is 1.29 bits per heavy atom. The molecule has 3 aromatic rings. The van der Waals surface area contributed by atoms with Gasteiger partial charge in [-0.25, -0.2) is 0 Å². The molecule has 1 amide bonds. The first-order valence-corrected chi connectivity index (χ1v) is 10.6. The van der Waals surface area contributed by atoms with E-state index in [4.69, 9.17) is 0 Å². The summed E-state index contributed by atoms with van der Waals surface area (Å²) in [6, 6.07) is 7.97. The van der Waals surface area contributed by atoms with Crippen LogP contribution in [0.1, 0.15) is 47.4 Å². The third-order valence-electron chi connectivity index (χ3n) is 5.80. The smallest absolute Gasteiger partial charge is 0.269 e. The number of rotatable bonds is 5. The van der Waals surface area contributed by atoms with Gasteiger partial charge in [-0.15, -0.1) is 0 Å². The summed E-state index contributed by atoms with van der Waals surface area (Å²) >= 11 is 0. The van der Waals surface area contributed by atoms with Crippen molar-refractivity contribution >= 4 is 23.0 Å². The highest BCUT2D eigenvalue weighted by Gasteiger charge is 2.24. The SMILES string of the molecule is CCc1cc2ncc(CN3C/C(=C\c4ccc(C(=O)NC)nc4)CC3C)cc2[nH]c1=O. The topological polar surface area (TPSA) is 91.0 Å². The van der Waals surface area contributed by atoms with Crippen LogP contribution >= 0.6 is 0 Å². The molecule has 2 N–H and O–H groups in total. The summed E-state index contributed by atoms with van der Waals surface area (Å²) in [5.74, 6) is -0.184. The van der Waals surface area contributed by atoms with Gasteiger partial charge >= 0.3 is 0 Å².